The van der Waals surface area contributed by atoms with Crippen molar-refractivity contribution in [3.63, 3.8) is 0 Å². The van der Waals surface area contributed by atoms with Crippen LogP contribution in [-0.2, 0) is 4.74 Å². The average Bonchev–Trinajstić information content (AvgIpc) is 3.23. The first kappa shape index (κ1) is 18.2. The zero-order valence-electron chi connectivity index (χ0n) is 16.6. The van der Waals surface area contributed by atoms with E-state index in [0.717, 1.165) is 48.6 Å². The minimum Gasteiger partial charge on any atom is -0.381 e. The zero-order valence-corrected chi connectivity index (χ0v) is 16.6. The molecule has 2 fully saturated rings. The Morgan fingerprint density at radius 1 is 1.19 bits per heavy atom. The lowest BCUT2D eigenvalue weighted by Gasteiger charge is -2.43. The second-order valence-corrected chi connectivity index (χ2v) is 8.19. The average molecular weight is 367 g/mol. The standard InChI is InChI=1S/C22H29N3O2/c1-16-14-17(2)25(23-16)19-9-7-18(8-10-19)21(26)24-13-5-12-22(15-24)11-4-6-20(22)27-3/h7-10,14,20H,4-6,11-13,15H2,1-3H3/t20-,22+/m1/s1. The fourth-order valence-electron chi connectivity index (χ4n) is 5.09. The van der Waals surface area contributed by atoms with Crippen molar-refractivity contribution in [2.75, 3.05) is 20.2 Å². The molecule has 27 heavy (non-hydrogen) atoms. The number of carbonyl (C=O) groups excluding carboxylic acids is 1. The lowest BCUT2D eigenvalue weighted by Crippen LogP contribution is -2.49. The van der Waals surface area contributed by atoms with Crippen LogP contribution in [0.5, 0.6) is 0 Å². The number of hydrogen-bond acceptors (Lipinski definition) is 3. The van der Waals surface area contributed by atoms with Crippen LogP contribution >= 0.6 is 0 Å². The first-order valence-electron chi connectivity index (χ1n) is 9.98. The summed E-state index contributed by atoms with van der Waals surface area (Å²) >= 11 is 0. The third kappa shape index (κ3) is 3.29. The molecule has 4 rings (SSSR count). The predicted octanol–water partition coefficient (Wildman–Crippen LogP) is 3.91. The van der Waals surface area contributed by atoms with E-state index in [-0.39, 0.29) is 11.3 Å². The predicted molar refractivity (Wildman–Crippen MR) is 105 cm³/mol. The Bertz CT molecular complexity index is 827. The molecule has 2 aliphatic rings. The normalized spacial score (nSPS) is 25.3. The van der Waals surface area contributed by atoms with Gasteiger partial charge in [0.1, 0.15) is 0 Å². The lowest BCUT2D eigenvalue weighted by molar-refractivity contribution is -0.0295. The van der Waals surface area contributed by atoms with Gasteiger partial charge in [-0.2, -0.15) is 5.10 Å². The smallest absolute Gasteiger partial charge is 0.253 e. The van der Waals surface area contributed by atoms with E-state index in [4.69, 9.17) is 4.74 Å². The maximum atomic E-state index is 13.1. The van der Waals surface area contributed by atoms with Gasteiger partial charge in [-0.05, 0) is 69.9 Å². The van der Waals surface area contributed by atoms with Gasteiger partial charge in [-0.15, -0.1) is 0 Å². The van der Waals surface area contributed by atoms with E-state index >= 15 is 0 Å². The molecule has 1 aliphatic heterocycles. The fourth-order valence-corrected chi connectivity index (χ4v) is 5.09. The molecule has 2 atom stereocenters. The molecular weight excluding hydrogens is 338 g/mol. The fraction of sp³-hybridized carbons (Fsp3) is 0.545. The van der Waals surface area contributed by atoms with Gasteiger partial charge in [0, 0.05) is 36.9 Å². The van der Waals surface area contributed by atoms with Crippen molar-refractivity contribution < 1.29 is 9.53 Å². The van der Waals surface area contributed by atoms with Crippen molar-refractivity contribution in [3.05, 3.63) is 47.3 Å². The van der Waals surface area contributed by atoms with Crippen LogP contribution in [0.15, 0.2) is 30.3 Å². The highest BCUT2D eigenvalue weighted by atomic mass is 16.5. The van der Waals surface area contributed by atoms with Crippen LogP contribution in [0.25, 0.3) is 5.69 Å². The summed E-state index contributed by atoms with van der Waals surface area (Å²) < 4.78 is 7.69. The molecule has 5 heteroatoms. The highest BCUT2D eigenvalue weighted by Crippen LogP contribution is 2.46. The number of rotatable bonds is 3. The zero-order chi connectivity index (χ0) is 19.0. The summed E-state index contributed by atoms with van der Waals surface area (Å²) in [6, 6.07) is 9.88. The summed E-state index contributed by atoms with van der Waals surface area (Å²) in [7, 11) is 1.82. The molecule has 0 N–H and O–H groups in total. The molecule has 1 saturated heterocycles. The maximum Gasteiger partial charge on any atom is 0.253 e. The van der Waals surface area contributed by atoms with E-state index in [2.05, 4.69) is 11.2 Å². The quantitative estimate of drug-likeness (QED) is 0.826. The molecule has 0 unspecified atom stereocenters. The van der Waals surface area contributed by atoms with Gasteiger partial charge in [0.15, 0.2) is 0 Å². The molecule has 2 heterocycles. The SMILES string of the molecule is CO[C@@H]1CCC[C@@]12CCCN(C(=O)c1ccc(-n3nc(C)cc3C)cc1)C2. The molecule has 0 radical (unpaired) electrons. The number of hydrogen-bond donors (Lipinski definition) is 0. The monoisotopic (exact) mass is 367 g/mol. The number of likely N-dealkylation sites (tertiary alicyclic amines) is 1. The topological polar surface area (TPSA) is 47.4 Å². The van der Waals surface area contributed by atoms with Crippen molar-refractivity contribution in [3.8, 4) is 5.69 Å². The van der Waals surface area contributed by atoms with Crippen LogP contribution in [0.3, 0.4) is 0 Å². The summed E-state index contributed by atoms with van der Waals surface area (Å²) in [4.78, 5) is 15.2. The molecular formula is C22H29N3O2. The van der Waals surface area contributed by atoms with Gasteiger partial charge in [0.25, 0.3) is 5.91 Å². The molecule has 1 aliphatic carbocycles. The highest BCUT2D eigenvalue weighted by Gasteiger charge is 2.46. The molecule has 1 aromatic carbocycles. The Morgan fingerprint density at radius 2 is 1.93 bits per heavy atom. The van der Waals surface area contributed by atoms with Crippen LogP contribution in [-0.4, -0.2) is 46.9 Å². The number of benzene rings is 1. The van der Waals surface area contributed by atoms with E-state index in [1.54, 1.807) is 0 Å². The Kier molecular flexibility index (Phi) is 4.81. The summed E-state index contributed by atoms with van der Waals surface area (Å²) in [5.41, 5.74) is 3.99. The Balaban J connectivity index is 1.52. The number of piperidine rings is 1. The van der Waals surface area contributed by atoms with Gasteiger partial charge < -0.3 is 9.64 Å². The van der Waals surface area contributed by atoms with E-state index < -0.39 is 0 Å². The lowest BCUT2D eigenvalue weighted by atomic mass is 9.76. The number of aryl methyl sites for hydroxylation is 2. The second-order valence-electron chi connectivity index (χ2n) is 8.19. The minimum absolute atomic E-state index is 0.135. The van der Waals surface area contributed by atoms with Crippen molar-refractivity contribution >= 4 is 5.91 Å². The summed E-state index contributed by atoms with van der Waals surface area (Å²) in [5, 5.41) is 4.52. The number of ether oxygens (including phenoxy) is 1. The van der Waals surface area contributed by atoms with Crippen LogP contribution < -0.4 is 0 Å². The van der Waals surface area contributed by atoms with Gasteiger partial charge in [0.05, 0.1) is 17.5 Å². The molecule has 2 aromatic rings. The van der Waals surface area contributed by atoms with E-state index in [1.165, 1.54) is 19.3 Å². The van der Waals surface area contributed by atoms with Gasteiger partial charge in [0.2, 0.25) is 0 Å². The minimum atomic E-state index is 0.135. The van der Waals surface area contributed by atoms with Gasteiger partial charge in [-0.3, -0.25) is 4.79 Å². The van der Waals surface area contributed by atoms with E-state index in [9.17, 15) is 4.79 Å². The third-order valence-corrected chi connectivity index (χ3v) is 6.37. The molecule has 1 saturated carbocycles. The van der Waals surface area contributed by atoms with Crippen LogP contribution in [0.1, 0.15) is 53.8 Å². The molecule has 5 nitrogen and oxygen atoms in total. The number of aromatic nitrogens is 2. The molecule has 1 aromatic heterocycles. The summed E-state index contributed by atoms with van der Waals surface area (Å²) in [5.74, 6) is 0.135. The van der Waals surface area contributed by atoms with E-state index in [1.807, 2.05) is 54.8 Å². The largest absolute Gasteiger partial charge is 0.381 e. The Hall–Kier alpha value is -2.14. The highest BCUT2D eigenvalue weighted by molar-refractivity contribution is 5.94. The van der Waals surface area contributed by atoms with E-state index in [0.29, 0.717) is 6.10 Å². The first-order chi connectivity index (χ1) is 13.0. The third-order valence-electron chi connectivity index (χ3n) is 6.37. The number of methoxy groups -OCH3 is 1. The summed E-state index contributed by atoms with van der Waals surface area (Å²) in [6.07, 6.45) is 6.03. The van der Waals surface area contributed by atoms with Crippen LogP contribution in [0, 0.1) is 19.3 Å². The molecule has 1 amide bonds. The van der Waals surface area contributed by atoms with Crippen molar-refractivity contribution in [1.29, 1.82) is 0 Å². The van der Waals surface area contributed by atoms with Gasteiger partial charge in [-0.1, -0.05) is 6.42 Å². The Labute approximate surface area is 161 Å². The summed E-state index contributed by atoms with van der Waals surface area (Å²) in [6.45, 7) is 5.70. The molecule has 144 valence electrons. The first-order valence-corrected chi connectivity index (χ1v) is 9.98. The van der Waals surface area contributed by atoms with Gasteiger partial charge >= 0.3 is 0 Å². The van der Waals surface area contributed by atoms with Gasteiger partial charge in [-0.25, -0.2) is 4.68 Å². The van der Waals surface area contributed by atoms with Crippen LogP contribution in [0.2, 0.25) is 0 Å². The number of carbonyl (C=O) groups is 1. The van der Waals surface area contributed by atoms with Crippen molar-refractivity contribution in [2.24, 2.45) is 5.41 Å². The van der Waals surface area contributed by atoms with Crippen molar-refractivity contribution in [2.45, 2.75) is 52.1 Å². The Morgan fingerprint density at radius 3 is 2.59 bits per heavy atom. The molecule has 1 spiro atoms. The number of nitrogens with zero attached hydrogens (tertiary/aromatic N) is 3. The molecule has 0 bridgehead atoms. The number of amides is 1. The van der Waals surface area contributed by atoms with Crippen molar-refractivity contribution in [1.82, 2.24) is 14.7 Å². The second kappa shape index (κ2) is 7.12. The maximum absolute atomic E-state index is 13.1. The van der Waals surface area contributed by atoms with Crippen LogP contribution in [0.4, 0.5) is 0 Å².